The highest BCUT2D eigenvalue weighted by Crippen LogP contribution is 2.28. The summed E-state index contributed by atoms with van der Waals surface area (Å²) in [6.07, 6.45) is 3.48. The molecule has 1 aliphatic rings. The molecule has 2 rings (SSSR count). The van der Waals surface area contributed by atoms with Crippen molar-refractivity contribution in [3.05, 3.63) is 39.9 Å². The zero-order valence-electron chi connectivity index (χ0n) is 12.9. The zero-order chi connectivity index (χ0) is 14.4. The Morgan fingerprint density at radius 1 is 1.23 bits per heavy atom. The van der Waals surface area contributed by atoms with Gasteiger partial charge in [0, 0.05) is 44.4 Å². The maximum Gasteiger partial charge on any atom is 0.269 e. The van der Waals surface area contributed by atoms with Crippen LogP contribution in [0.25, 0.3) is 0 Å². The Morgan fingerprint density at radius 3 is 2.32 bits per heavy atom. The number of benzene rings is 1. The van der Waals surface area contributed by atoms with Crippen molar-refractivity contribution in [3.63, 3.8) is 0 Å². The molecule has 1 atom stereocenters. The van der Waals surface area contributed by atoms with Crippen molar-refractivity contribution in [2.24, 2.45) is 0 Å². The molecule has 0 radical (unpaired) electrons. The van der Waals surface area contributed by atoms with Gasteiger partial charge in [-0.05, 0) is 12.0 Å². The molecule has 0 unspecified atom stereocenters. The molecule has 126 valence electrons. The van der Waals surface area contributed by atoms with Crippen LogP contribution in [0.3, 0.4) is 0 Å². The van der Waals surface area contributed by atoms with Gasteiger partial charge in [0.25, 0.3) is 5.69 Å². The number of nitrogens with one attached hydrogen (secondary N) is 1. The third kappa shape index (κ3) is 5.72. The van der Waals surface area contributed by atoms with Gasteiger partial charge in [0.1, 0.15) is 0 Å². The summed E-state index contributed by atoms with van der Waals surface area (Å²) < 4.78 is 0. The number of halogens is 2. The van der Waals surface area contributed by atoms with Crippen molar-refractivity contribution in [3.8, 4) is 0 Å². The van der Waals surface area contributed by atoms with Crippen LogP contribution < -0.4 is 5.32 Å². The minimum absolute atomic E-state index is 0. The Kier molecular flexibility index (Phi) is 10.3. The van der Waals surface area contributed by atoms with Crippen LogP contribution in [0.5, 0.6) is 0 Å². The fraction of sp³-hybridized carbons (Fsp3) is 0.600. The van der Waals surface area contributed by atoms with Crippen LogP contribution in [-0.2, 0) is 0 Å². The Labute approximate surface area is 144 Å². The molecular weight excluding hydrogens is 325 g/mol. The van der Waals surface area contributed by atoms with Crippen LogP contribution in [0, 0.1) is 10.1 Å². The Morgan fingerprint density at radius 2 is 1.82 bits per heavy atom. The summed E-state index contributed by atoms with van der Waals surface area (Å²) in [4.78, 5) is 12.9. The summed E-state index contributed by atoms with van der Waals surface area (Å²) in [5, 5.41) is 14.1. The molecule has 0 amide bonds. The maximum absolute atomic E-state index is 10.7. The van der Waals surface area contributed by atoms with E-state index in [1.54, 1.807) is 12.1 Å². The number of unbranched alkanes of at least 4 members (excludes halogenated alkanes) is 1. The number of nitrogens with zero attached hydrogens (tertiary/aromatic N) is 2. The third-order valence-corrected chi connectivity index (χ3v) is 3.91. The van der Waals surface area contributed by atoms with Gasteiger partial charge in [-0.15, -0.1) is 24.8 Å². The van der Waals surface area contributed by atoms with Crippen LogP contribution in [0.15, 0.2) is 24.3 Å². The highest BCUT2D eigenvalue weighted by atomic mass is 35.5. The minimum atomic E-state index is -0.338. The first-order valence-electron chi connectivity index (χ1n) is 7.41. The molecule has 1 saturated heterocycles. The van der Waals surface area contributed by atoms with Crippen LogP contribution >= 0.6 is 24.8 Å². The molecule has 0 aliphatic carbocycles. The van der Waals surface area contributed by atoms with Crippen molar-refractivity contribution in [1.29, 1.82) is 0 Å². The van der Waals surface area contributed by atoms with E-state index in [1.165, 1.54) is 18.4 Å². The van der Waals surface area contributed by atoms with Crippen molar-refractivity contribution >= 4 is 30.5 Å². The molecule has 5 nitrogen and oxygen atoms in total. The van der Waals surface area contributed by atoms with E-state index in [4.69, 9.17) is 0 Å². The third-order valence-electron chi connectivity index (χ3n) is 3.91. The number of nitro groups is 1. The molecule has 1 aromatic carbocycles. The lowest BCUT2D eigenvalue weighted by molar-refractivity contribution is -0.384. The van der Waals surface area contributed by atoms with E-state index in [9.17, 15) is 10.1 Å². The molecule has 1 aromatic rings. The quantitative estimate of drug-likeness (QED) is 0.629. The minimum Gasteiger partial charge on any atom is -0.314 e. The first-order valence-corrected chi connectivity index (χ1v) is 7.41. The number of hydrogen-bond donors (Lipinski definition) is 1. The molecular formula is C15H25Cl2N3O2. The van der Waals surface area contributed by atoms with Crippen LogP contribution in [0.1, 0.15) is 37.8 Å². The normalized spacial score (nSPS) is 16.2. The van der Waals surface area contributed by atoms with Crippen LogP contribution in [0.4, 0.5) is 5.69 Å². The SMILES string of the molecule is CCCC[C@@H](c1ccc([N+](=O)[O-])cc1)N1CCNCC1.Cl.Cl. The number of non-ortho nitro benzene ring substituents is 1. The van der Waals surface area contributed by atoms with Gasteiger partial charge in [-0.2, -0.15) is 0 Å². The highest BCUT2D eigenvalue weighted by molar-refractivity contribution is 5.85. The predicted octanol–water partition coefficient (Wildman–Crippen LogP) is 3.57. The van der Waals surface area contributed by atoms with E-state index in [2.05, 4.69) is 17.1 Å². The second-order valence-corrected chi connectivity index (χ2v) is 5.29. The van der Waals surface area contributed by atoms with Gasteiger partial charge >= 0.3 is 0 Å². The Hall–Kier alpha value is -0.880. The van der Waals surface area contributed by atoms with E-state index in [1.807, 2.05) is 12.1 Å². The van der Waals surface area contributed by atoms with Crippen molar-refractivity contribution < 1.29 is 4.92 Å². The second kappa shape index (κ2) is 10.8. The molecule has 7 heteroatoms. The molecule has 22 heavy (non-hydrogen) atoms. The largest absolute Gasteiger partial charge is 0.314 e. The number of nitro benzene ring substituents is 1. The smallest absolute Gasteiger partial charge is 0.269 e. The molecule has 1 aliphatic heterocycles. The number of piperazine rings is 1. The highest BCUT2D eigenvalue weighted by Gasteiger charge is 2.22. The van der Waals surface area contributed by atoms with Crippen molar-refractivity contribution in [2.75, 3.05) is 26.2 Å². The summed E-state index contributed by atoms with van der Waals surface area (Å²) in [6.45, 7) is 6.34. The molecule has 0 aromatic heterocycles. The fourth-order valence-electron chi connectivity index (χ4n) is 2.77. The van der Waals surface area contributed by atoms with Crippen molar-refractivity contribution in [1.82, 2.24) is 10.2 Å². The number of rotatable bonds is 6. The molecule has 1 N–H and O–H groups in total. The van der Waals surface area contributed by atoms with E-state index in [-0.39, 0.29) is 35.4 Å². The molecule has 0 spiro atoms. The average molecular weight is 350 g/mol. The fourth-order valence-corrected chi connectivity index (χ4v) is 2.77. The zero-order valence-corrected chi connectivity index (χ0v) is 14.5. The average Bonchev–Trinajstić information content (AvgIpc) is 2.49. The lowest BCUT2D eigenvalue weighted by Crippen LogP contribution is -2.45. The first kappa shape index (κ1) is 21.1. The van der Waals surface area contributed by atoms with E-state index >= 15 is 0 Å². The van der Waals surface area contributed by atoms with Gasteiger partial charge in [0.2, 0.25) is 0 Å². The van der Waals surface area contributed by atoms with Gasteiger partial charge in [-0.1, -0.05) is 31.9 Å². The topological polar surface area (TPSA) is 58.4 Å². The summed E-state index contributed by atoms with van der Waals surface area (Å²) in [5.74, 6) is 0. The van der Waals surface area contributed by atoms with E-state index in [0.29, 0.717) is 6.04 Å². The first-order chi connectivity index (χ1) is 9.72. The lowest BCUT2D eigenvalue weighted by Gasteiger charge is -2.35. The summed E-state index contributed by atoms with van der Waals surface area (Å²) in [7, 11) is 0. The molecule has 0 bridgehead atoms. The summed E-state index contributed by atoms with van der Waals surface area (Å²) in [6, 6.07) is 7.46. The monoisotopic (exact) mass is 349 g/mol. The Balaban J connectivity index is 0.00000220. The number of hydrogen-bond acceptors (Lipinski definition) is 4. The van der Waals surface area contributed by atoms with Gasteiger partial charge in [0.05, 0.1) is 4.92 Å². The summed E-state index contributed by atoms with van der Waals surface area (Å²) in [5.41, 5.74) is 1.37. The standard InChI is InChI=1S/C15H23N3O2.2ClH/c1-2-3-4-15(17-11-9-16-10-12-17)13-5-7-14(8-6-13)18(19)20;;/h5-8,15-16H,2-4,9-12H2,1H3;2*1H/t15-;;/m0../s1. The summed E-state index contributed by atoms with van der Waals surface area (Å²) >= 11 is 0. The van der Waals surface area contributed by atoms with Crippen LogP contribution in [-0.4, -0.2) is 36.0 Å². The van der Waals surface area contributed by atoms with Gasteiger partial charge in [0.15, 0.2) is 0 Å². The predicted molar refractivity (Wildman–Crippen MR) is 94.3 cm³/mol. The van der Waals surface area contributed by atoms with Crippen LogP contribution in [0.2, 0.25) is 0 Å². The van der Waals surface area contributed by atoms with Gasteiger partial charge in [-0.25, -0.2) is 0 Å². The van der Waals surface area contributed by atoms with Gasteiger partial charge < -0.3 is 5.32 Å². The van der Waals surface area contributed by atoms with Crippen molar-refractivity contribution in [2.45, 2.75) is 32.2 Å². The van der Waals surface area contributed by atoms with E-state index in [0.717, 1.165) is 32.6 Å². The van der Waals surface area contributed by atoms with E-state index < -0.39 is 0 Å². The Bertz CT molecular complexity index is 437. The maximum atomic E-state index is 10.7. The molecule has 0 saturated carbocycles. The molecule has 1 fully saturated rings. The lowest BCUT2D eigenvalue weighted by atomic mass is 9.98. The molecule has 1 heterocycles. The second-order valence-electron chi connectivity index (χ2n) is 5.29. The van der Waals surface area contributed by atoms with Gasteiger partial charge in [-0.3, -0.25) is 15.0 Å².